The average molecular weight is 263 g/mol. The van der Waals surface area contributed by atoms with Crippen LogP contribution in [0.5, 0.6) is 0 Å². The van der Waals surface area contributed by atoms with E-state index in [0.29, 0.717) is 6.54 Å². The minimum Gasteiger partial charge on any atom is -0.301 e. The number of piperazine rings is 1. The van der Waals surface area contributed by atoms with Gasteiger partial charge in [-0.05, 0) is 25.9 Å². The predicted molar refractivity (Wildman–Crippen MR) is 70.6 cm³/mol. The lowest BCUT2D eigenvalue weighted by Gasteiger charge is -2.33. The molecule has 0 aromatic carbocycles. The van der Waals surface area contributed by atoms with Crippen molar-refractivity contribution in [1.29, 1.82) is 0 Å². The number of nitrogens with zero attached hydrogens (tertiary/aromatic N) is 2. The summed E-state index contributed by atoms with van der Waals surface area (Å²) in [7, 11) is -3.01. The Kier molecular flexibility index (Phi) is 6.40. The lowest BCUT2D eigenvalue weighted by molar-refractivity contribution is 0.136. The van der Waals surface area contributed by atoms with Crippen molar-refractivity contribution in [3.05, 3.63) is 0 Å². The minimum atomic E-state index is -3.01. The summed E-state index contributed by atoms with van der Waals surface area (Å²) in [6, 6.07) is 0. The molecule has 0 radical (unpaired) electrons. The zero-order valence-electron chi connectivity index (χ0n) is 11.0. The molecular formula is C11H25N3O2S. The summed E-state index contributed by atoms with van der Waals surface area (Å²) in [5.41, 5.74) is 0. The summed E-state index contributed by atoms with van der Waals surface area (Å²) in [6.07, 6.45) is 3.19. The van der Waals surface area contributed by atoms with Crippen LogP contribution in [0.25, 0.3) is 0 Å². The Morgan fingerprint density at radius 3 is 2.18 bits per heavy atom. The van der Waals surface area contributed by atoms with Crippen LogP contribution < -0.4 is 4.72 Å². The van der Waals surface area contributed by atoms with Crippen LogP contribution in [0.3, 0.4) is 0 Å². The largest absolute Gasteiger partial charge is 0.301 e. The van der Waals surface area contributed by atoms with Crippen LogP contribution in [0, 0.1) is 0 Å². The van der Waals surface area contributed by atoms with Gasteiger partial charge < -0.3 is 9.80 Å². The van der Waals surface area contributed by atoms with Crippen molar-refractivity contribution in [2.75, 3.05) is 52.1 Å². The highest BCUT2D eigenvalue weighted by atomic mass is 32.2. The Balaban J connectivity index is 2.01. The molecule has 1 rings (SSSR count). The van der Waals surface area contributed by atoms with Gasteiger partial charge in [0, 0.05) is 32.7 Å². The van der Waals surface area contributed by atoms with Gasteiger partial charge in [0.15, 0.2) is 0 Å². The summed E-state index contributed by atoms with van der Waals surface area (Å²) in [6.45, 7) is 9.62. The van der Waals surface area contributed by atoms with Crippen LogP contribution in [0.4, 0.5) is 0 Å². The first-order chi connectivity index (χ1) is 8.01. The fraction of sp³-hybridized carbons (Fsp3) is 1.00. The van der Waals surface area contributed by atoms with Crippen LogP contribution in [0.1, 0.15) is 19.8 Å². The molecule has 1 saturated heterocycles. The van der Waals surface area contributed by atoms with E-state index in [9.17, 15) is 8.42 Å². The van der Waals surface area contributed by atoms with Crippen LogP contribution >= 0.6 is 0 Å². The van der Waals surface area contributed by atoms with E-state index in [0.717, 1.165) is 52.1 Å². The first-order valence-corrected chi connectivity index (χ1v) is 8.30. The van der Waals surface area contributed by atoms with Gasteiger partial charge in [0.25, 0.3) is 0 Å². The Bertz CT molecular complexity index is 298. The SMILES string of the molecule is CCN1CCN(CCCCNS(C)(=O)=O)CC1. The third-order valence-corrected chi connectivity index (χ3v) is 3.91. The second kappa shape index (κ2) is 7.31. The molecule has 17 heavy (non-hydrogen) atoms. The molecule has 0 amide bonds. The number of sulfonamides is 1. The highest BCUT2D eigenvalue weighted by molar-refractivity contribution is 7.88. The molecule has 1 aliphatic rings. The first kappa shape index (κ1) is 14.9. The van der Waals surface area contributed by atoms with Gasteiger partial charge in [0.2, 0.25) is 10.0 Å². The molecule has 1 fully saturated rings. The number of nitrogens with one attached hydrogen (secondary N) is 1. The van der Waals surface area contributed by atoms with Crippen molar-refractivity contribution in [3.8, 4) is 0 Å². The topological polar surface area (TPSA) is 52.6 Å². The number of rotatable bonds is 7. The van der Waals surface area contributed by atoms with Gasteiger partial charge in [0.05, 0.1) is 6.26 Å². The highest BCUT2D eigenvalue weighted by Gasteiger charge is 2.14. The van der Waals surface area contributed by atoms with E-state index in [-0.39, 0.29) is 0 Å². The smallest absolute Gasteiger partial charge is 0.208 e. The van der Waals surface area contributed by atoms with Crippen molar-refractivity contribution in [2.24, 2.45) is 0 Å². The molecule has 1 N–H and O–H groups in total. The summed E-state index contributed by atoms with van der Waals surface area (Å²) in [4.78, 5) is 4.92. The maximum absolute atomic E-state index is 10.8. The third kappa shape index (κ3) is 6.98. The molecule has 0 aromatic rings. The fourth-order valence-electron chi connectivity index (χ4n) is 2.05. The quantitative estimate of drug-likeness (QED) is 0.655. The summed E-state index contributed by atoms with van der Waals surface area (Å²) < 4.78 is 24.2. The van der Waals surface area contributed by atoms with Gasteiger partial charge in [-0.25, -0.2) is 13.1 Å². The van der Waals surface area contributed by atoms with Gasteiger partial charge in [-0.1, -0.05) is 6.92 Å². The molecule has 1 heterocycles. The van der Waals surface area contributed by atoms with Gasteiger partial charge in [-0.3, -0.25) is 0 Å². The lowest BCUT2D eigenvalue weighted by atomic mass is 10.2. The highest BCUT2D eigenvalue weighted by Crippen LogP contribution is 2.02. The zero-order chi connectivity index (χ0) is 12.7. The van der Waals surface area contributed by atoms with E-state index in [4.69, 9.17) is 0 Å². The van der Waals surface area contributed by atoms with E-state index in [2.05, 4.69) is 21.4 Å². The number of unbranched alkanes of at least 4 members (excludes halogenated alkanes) is 1. The third-order valence-electron chi connectivity index (χ3n) is 3.18. The zero-order valence-corrected chi connectivity index (χ0v) is 11.8. The van der Waals surface area contributed by atoms with E-state index >= 15 is 0 Å². The molecule has 5 nitrogen and oxygen atoms in total. The van der Waals surface area contributed by atoms with Crippen molar-refractivity contribution < 1.29 is 8.42 Å². The number of likely N-dealkylation sites (N-methyl/N-ethyl adjacent to an activating group) is 1. The molecular weight excluding hydrogens is 238 g/mol. The standard InChI is InChI=1S/C11H25N3O2S/c1-3-13-8-10-14(11-9-13)7-5-4-6-12-17(2,15)16/h12H,3-11H2,1-2H3. The molecule has 1 aliphatic heterocycles. The fourth-order valence-corrected chi connectivity index (χ4v) is 2.56. The van der Waals surface area contributed by atoms with Crippen LogP contribution in [0.15, 0.2) is 0 Å². The van der Waals surface area contributed by atoms with Crippen molar-refractivity contribution in [2.45, 2.75) is 19.8 Å². The monoisotopic (exact) mass is 263 g/mol. The molecule has 0 saturated carbocycles. The molecule has 0 aromatic heterocycles. The Hall–Kier alpha value is -0.170. The molecule has 0 aliphatic carbocycles. The van der Waals surface area contributed by atoms with Gasteiger partial charge in [-0.2, -0.15) is 0 Å². The Labute approximate surface area is 105 Å². The number of hydrogen-bond acceptors (Lipinski definition) is 4. The first-order valence-electron chi connectivity index (χ1n) is 6.40. The second-order valence-electron chi connectivity index (χ2n) is 4.65. The van der Waals surface area contributed by atoms with Crippen LogP contribution in [0.2, 0.25) is 0 Å². The normalized spacial score (nSPS) is 19.6. The Morgan fingerprint density at radius 1 is 1.06 bits per heavy atom. The number of hydrogen-bond donors (Lipinski definition) is 1. The van der Waals surface area contributed by atoms with Crippen LogP contribution in [-0.2, 0) is 10.0 Å². The molecule has 6 heteroatoms. The molecule has 0 spiro atoms. The van der Waals surface area contributed by atoms with E-state index < -0.39 is 10.0 Å². The van der Waals surface area contributed by atoms with E-state index in [1.807, 2.05) is 0 Å². The van der Waals surface area contributed by atoms with Crippen LogP contribution in [-0.4, -0.2) is 70.3 Å². The van der Waals surface area contributed by atoms with Gasteiger partial charge in [-0.15, -0.1) is 0 Å². The average Bonchev–Trinajstić information content (AvgIpc) is 2.28. The molecule has 0 unspecified atom stereocenters. The maximum atomic E-state index is 10.8. The summed E-state index contributed by atoms with van der Waals surface area (Å²) in [5.74, 6) is 0. The van der Waals surface area contributed by atoms with Crippen molar-refractivity contribution >= 4 is 10.0 Å². The van der Waals surface area contributed by atoms with Crippen molar-refractivity contribution in [3.63, 3.8) is 0 Å². The van der Waals surface area contributed by atoms with Gasteiger partial charge in [0.1, 0.15) is 0 Å². The summed E-state index contributed by atoms with van der Waals surface area (Å²) in [5, 5.41) is 0. The second-order valence-corrected chi connectivity index (χ2v) is 6.48. The predicted octanol–water partition coefficient (Wildman–Crippen LogP) is -0.0467. The lowest BCUT2D eigenvalue weighted by Crippen LogP contribution is -2.46. The van der Waals surface area contributed by atoms with Gasteiger partial charge >= 0.3 is 0 Å². The molecule has 0 bridgehead atoms. The van der Waals surface area contributed by atoms with Crippen molar-refractivity contribution in [1.82, 2.24) is 14.5 Å². The maximum Gasteiger partial charge on any atom is 0.208 e. The molecule has 0 atom stereocenters. The molecule has 102 valence electrons. The summed E-state index contributed by atoms with van der Waals surface area (Å²) >= 11 is 0. The van der Waals surface area contributed by atoms with E-state index in [1.54, 1.807) is 0 Å². The van der Waals surface area contributed by atoms with E-state index in [1.165, 1.54) is 6.26 Å². The minimum absolute atomic E-state index is 0.563. The Morgan fingerprint density at radius 2 is 1.65 bits per heavy atom.